The Hall–Kier alpha value is -2.37. The molecule has 0 fully saturated rings. The van der Waals surface area contributed by atoms with Crippen LogP contribution >= 0.6 is 0 Å². The van der Waals surface area contributed by atoms with Gasteiger partial charge in [-0.05, 0) is 51.4 Å². The molecule has 0 aliphatic rings. The molecular weight excluding hydrogens is 793 g/mol. The van der Waals surface area contributed by atoms with E-state index >= 15 is 0 Å². The monoisotopic (exact) mass is 899 g/mol. The molecule has 1 atom stereocenters. The van der Waals surface area contributed by atoms with Crippen LogP contribution in [0.3, 0.4) is 0 Å². The van der Waals surface area contributed by atoms with Crippen LogP contribution in [0, 0.1) is 0 Å². The summed E-state index contributed by atoms with van der Waals surface area (Å²) < 4.78 is 16.8. The maximum Gasteiger partial charge on any atom is 0.306 e. The van der Waals surface area contributed by atoms with Gasteiger partial charge in [-0.2, -0.15) is 0 Å². The molecule has 0 N–H and O–H groups in total. The molecule has 0 aromatic rings. The van der Waals surface area contributed by atoms with E-state index in [9.17, 15) is 14.4 Å². The van der Waals surface area contributed by atoms with Gasteiger partial charge in [0.15, 0.2) is 6.10 Å². The molecule has 6 heteroatoms. The van der Waals surface area contributed by atoms with Crippen LogP contribution in [0.5, 0.6) is 0 Å². The van der Waals surface area contributed by atoms with E-state index in [1.54, 1.807) is 0 Å². The predicted molar refractivity (Wildman–Crippen MR) is 275 cm³/mol. The number of rotatable bonds is 51. The minimum atomic E-state index is -0.774. The normalized spacial score (nSPS) is 12.2. The van der Waals surface area contributed by atoms with Crippen LogP contribution in [0.4, 0.5) is 0 Å². The Morgan fingerprint density at radius 3 is 0.953 bits per heavy atom. The van der Waals surface area contributed by atoms with Gasteiger partial charge >= 0.3 is 17.9 Å². The van der Waals surface area contributed by atoms with E-state index in [0.717, 1.165) is 83.5 Å². The first-order valence-electron chi connectivity index (χ1n) is 28.0. The number of carbonyl (C=O) groups excluding carboxylic acids is 3. The van der Waals surface area contributed by atoms with Gasteiger partial charge in [-0.3, -0.25) is 14.4 Å². The lowest BCUT2D eigenvalue weighted by molar-refractivity contribution is -0.167. The molecule has 0 rings (SSSR count). The number of carbonyl (C=O) groups is 3. The molecule has 0 aliphatic heterocycles. The molecule has 0 heterocycles. The molecule has 6 nitrogen and oxygen atoms in total. The second-order valence-electron chi connectivity index (χ2n) is 18.8. The molecule has 0 aromatic heterocycles. The average molecular weight is 899 g/mol. The fourth-order valence-corrected chi connectivity index (χ4v) is 8.22. The van der Waals surface area contributed by atoms with E-state index in [-0.39, 0.29) is 31.1 Å². The van der Waals surface area contributed by atoms with E-state index in [4.69, 9.17) is 14.2 Å². The van der Waals surface area contributed by atoms with E-state index in [1.165, 1.54) is 173 Å². The van der Waals surface area contributed by atoms with Gasteiger partial charge in [0.2, 0.25) is 0 Å². The van der Waals surface area contributed by atoms with Gasteiger partial charge in [-0.15, -0.1) is 0 Å². The zero-order valence-electron chi connectivity index (χ0n) is 42.8. The molecule has 0 bridgehead atoms. The fourth-order valence-electron chi connectivity index (χ4n) is 8.22. The maximum atomic E-state index is 12.8. The molecule has 0 amide bonds. The number of hydrogen-bond acceptors (Lipinski definition) is 6. The molecular formula is C58H106O6. The minimum Gasteiger partial charge on any atom is -0.462 e. The third-order valence-corrected chi connectivity index (χ3v) is 12.4. The van der Waals surface area contributed by atoms with Crippen LogP contribution in [0.15, 0.2) is 36.5 Å². The number of esters is 3. The van der Waals surface area contributed by atoms with Gasteiger partial charge in [0.05, 0.1) is 0 Å². The highest BCUT2D eigenvalue weighted by atomic mass is 16.6. The Kier molecular flexibility index (Phi) is 51.3. The quantitative estimate of drug-likeness (QED) is 0.0262. The van der Waals surface area contributed by atoms with Gasteiger partial charge < -0.3 is 14.2 Å². The van der Waals surface area contributed by atoms with Gasteiger partial charge in [0.1, 0.15) is 13.2 Å². The smallest absolute Gasteiger partial charge is 0.306 e. The molecule has 0 aliphatic carbocycles. The Morgan fingerprint density at radius 1 is 0.328 bits per heavy atom. The van der Waals surface area contributed by atoms with Crippen molar-refractivity contribution in [2.75, 3.05) is 13.2 Å². The minimum absolute atomic E-state index is 0.0729. The van der Waals surface area contributed by atoms with Gasteiger partial charge in [-0.25, -0.2) is 0 Å². The third-order valence-electron chi connectivity index (χ3n) is 12.4. The molecule has 0 saturated carbocycles. The third kappa shape index (κ3) is 50.6. The van der Waals surface area contributed by atoms with E-state index in [0.29, 0.717) is 19.3 Å². The van der Waals surface area contributed by atoms with Crippen LogP contribution in [0.1, 0.15) is 297 Å². The highest BCUT2D eigenvalue weighted by Crippen LogP contribution is 2.17. The lowest BCUT2D eigenvalue weighted by atomic mass is 10.0. The molecule has 0 radical (unpaired) electrons. The van der Waals surface area contributed by atoms with Gasteiger partial charge in [-0.1, -0.05) is 263 Å². The summed E-state index contributed by atoms with van der Waals surface area (Å²) in [5.74, 6) is -0.869. The van der Waals surface area contributed by atoms with E-state index in [1.807, 2.05) is 0 Å². The van der Waals surface area contributed by atoms with Gasteiger partial charge in [0.25, 0.3) is 0 Å². The Morgan fingerprint density at radius 2 is 0.609 bits per heavy atom. The van der Waals surface area contributed by atoms with Gasteiger partial charge in [0, 0.05) is 19.3 Å². The van der Waals surface area contributed by atoms with Crippen LogP contribution < -0.4 is 0 Å². The summed E-state index contributed by atoms with van der Waals surface area (Å²) in [6.45, 7) is 6.55. The number of allylic oxidation sites excluding steroid dienone is 6. The van der Waals surface area contributed by atoms with Crippen molar-refractivity contribution in [1.29, 1.82) is 0 Å². The summed E-state index contributed by atoms with van der Waals surface area (Å²) in [5, 5.41) is 0. The lowest BCUT2D eigenvalue weighted by Crippen LogP contribution is -2.30. The van der Waals surface area contributed by atoms with Crippen LogP contribution in [-0.4, -0.2) is 37.2 Å². The number of ether oxygens (including phenoxy) is 3. The van der Waals surface area contributed by atoms with Crippen molar-refractivity contribution >= 4 is 17.9 Å². The largest absolute Gasteiger partial charge is 0.462 e. The summed E-state index contributed by atoms with van der Waals surface area (Å²) in [4.78, 5) is 38.1. The van der Waals surface area contributed by atoms with Crippen molar-refractivity contribution in [3.05, 3.63) is 36.5 Å². The number of unbranched alkanes of at least 4 members (excludes halogenated alkanes) is 34. The van der Waals surface area contributed by atoms with Crippen molar-refractivity contribution < 1.29 is 28.6 Å². The Balaban J connectivity index is 4.32. The second kappa shape index (κ2) is 53.2. The molecule has 374 valence electrons. The first-order valence-corrected chi connectivity index (χ1v) is 28.0. The highest BCUT2D eigenvalue weighted by molar-refractivity contribution is 5.71. The molecule has 0 saturated heterocycles. The first-order chi connectivity index (χ1) is 31.5. The van der Waals surface area contributed by atoms with E-state index < -0.39 is 6.10 Å². The zero-order valence-corrected chi connectivity index (χ0v) is 42.8. The standard InChI is InChI=1S/C58H106O6/c1-4-7-10-13-16-19-22-25-27-29-30-32-33-36-39-42-45-48-51-57(60)63-54-55(53-62-56(59)50-47-44-41-38-35-24-21-18-15-12-9-6-3)64-58(61)52-49-46-43-40-37-34-31-28-26-23-20-17-14-11-8-5-2/h8,11,17,20,26,28,55H,4-7,9-10,12-16,18-19,21-25,27,29-54H2,1-3H3/b11-8-,20-17-,28-26-. The van der Waals surface area contributed by atoms with Crippen LogP contribution in [0.2, 0.25) is 0 Å². The van der Waals surface area contributed by atoms with Crippen molar-refractivity contribution in [1.82, 2.24) is 0 Å². The van der Waals surface area contributed by atoms with Crippen LogP contribution in [-0.2, 0) is 28.6 Å². The van der Waals surface area contributed by atoms with Crippen molar-refractivity contribution in [2.45, 2.75) is 303 Å². The van der Waals surface area contributed by atoms with Crippen molar-refractivity contribution in [3.8, 4) is 0 Å². The average Bonchev–Trinajstić information content (AvgIpc) is 3.29. The summed E-state index contributed by atoms with van der Waals surface area (Å²) in [5.41, 5.74) is 0. The second-order valence-corrected chi connectivity index (χ2v) is 18.8. The van der Waals surface area contributed by atoms with Crippen LogP contribution in [0.25, 0.3) is 0 Å². The highest BCUT2D eigenvalue weighted by Gasteiger charge is 2.19. The summed E-state index contributed by atoms with van der Waals surface area (Å²) in [7, 11) is 0. The first kappa shape index (κ1) is 61.6. The summed E-state index contributed by atoms with van der Waals surface area (Å²) in [6, 6.07) is 0. The molecule has 1 unspecified atom stereocenters. The molecule has 0 spiro atoms. The zero-order chi connectivity index (χ0) is 46.5. The SMILES string of the molecule is CC/C=C\C/C=C\C/C=C\CCCCCCCCC(=O)OC(COC(=O)CCCCCCCCCCCCCC)COC(=O)CCCCCCCCCCCCCCCCCCCC. The topological polar surface area (TPSA) is 78.9 Å². The predicted octanol–water partition coefficient (Wildman–Crippen LogP) is 18.5. The maximum absolute atomic E-state index is 12.8. The summed E-state index contributed by atoms with van der Waals surface area (Å²) >= 11 is 0. The fraction of sp³-hybridized carbons (Fsp3) is 0.845. The Bertz CT molecular complexity index is 1080. The lowest BCUT2D eigenvalue weighted by Gasteiger charge is -2.18. The van der Waals surface area contributed by atoms with Crippen molar-refractivity contribution in [3.63, 3.8) is 0 Å². The Labute approximate surface area is 397 Å². The van der Waals surface area contributed by atoms with Crippen molar-refractivity contribution in [2.24, 2.45) is 0 Å². The molecule has 0 aromatic carbocycles. The number of hydrogen-bond donors (Lipinski definition) is 0. The molecule has 64 heavy (non-hydrogen) atoms. The van der Waals surface area contributed by atoms with E-state index in [2.05, 4.69) is 57.2 Å². The summed E-state index contributed by atoms with van der Waals surface area (Å²) in [6.07, 6.45) is 62.7.